The molecule has 0 saturated carbocycles. The van der Waals surface area contributed by atoms with Crippen molar-refractivity contribution in [3.63, 3.8) is 0 Å². The second-order valence-corrected chi connectivity index (χ2v) is 4.29. The first-order valence-corrected chi connectivity index (χ1v) is 5.56. The average molecular weight is 251 g/mol. The second kappa shape index (κ2) is 5.57. The maximum Gasteiger partial charge on any atom is 0.333 e. The third-order valence-corrected chi connectivity index (χ3v) is 2.52. The van der Waals surface area contributed by atoms with Gasteiger partial charge in [0.1, 0.15) is 6.61 Å². The van der Waals surface area contributed by atoms with Gasteiger partial charge in [-0.15, -0.1) is 0 Å². The number of rotatable bonds is 6. The molecule has 1 amide bonds. The van der Waals surface area contributed by atoms with Crippen molar-refractivity contribution in [3.05, 3.63) is 23.9 Å². The van der Waals surface area contributed by atoms with Crippen molar-refractivity contribution in [3.8, 4) is 0 Å². The number of allylic oxidation sites excluding steroid dienone is 1. The first-order chi connectivity index (χ1) is 8.39. The van der Waals surface area contributed by atoms with Crippen LogP contribution >= 0.6 is 0 Å². The average Bonchev–Trinajstić information content (AvgIpc) is 2.65. The van der Waals surface area contributed by atoms with E-state index >= 15 is 0 Å². The van der Waals surface area contributed by atoms with Gasteiger partial charge in [0.05, 0.1) is 12.2 Å². The van der Waals surface area contributed by atoms with Crippen molar-refractivity contribution in [2.75, 3.05) is 13.2 Å². The molecule has 0 aromatic carbocycles. The Morgan fingerprint density at radius 1 is 1.67 bits per heavy atom. The molecule has 18 heavy (non-hydrogen) atoms. The number of carbonyl (C=O) groups is 2. The Morgan fingerprint density at radius 3 is 2.78 bits per heavy atom. The molecule has 1 atom stereocenters. The molecule has 1 rings (SSSR count). The highest BCUT2D eigenvalue weighted by Gasteiger charge is 2.32. The molecule has 6 heteroatoms. The van der Waals surface area contributed by atoms with Gasteiger partial charge in [-0.25, -0.2) is 4.79 Å². The number of hydrogen-bond donors (Lipinski definition) is 0. The summed E-state index contributed by atoms with van der Waals surface area (Å²) in [6.45, 7) is 8.96. The topological polar surface area (TPSA) is 71.3 Å². The lowest BCUT2D eigenvalue weighted by Gasteiger charge is -2.29. The Bertz CT molecular complexity index is 428. The van der Waals surface area contributed by atoms with Crippen molar-refractivity contribution in [1.82, 2.24) is 4.90 Å². The fraction of sp³-hybridized carbons (Fsp3) is 0.500. The van der Waals surface area contributed by atoms with Gasteiger partial charge in [0.2, 0.25) is 6.41 Å². The molecule has 6 nitrogen and oxygen atoms in total. The van der Waals surface area contributed by atoms with Crippen LogP contribution in [-0.4, -0.2) is 36.1 Å². The molecule has 1 heterocycles. The standard InChI is InChI=1S/C12H17N3O3/c1-9(2)11(17)18-6-5-15(8-16)12(4)7-10(3)13-14-12/h7-8H,1,5-6H2,2-4H3. The summed E-state index contributed by atoms with van der Waals surface area (Å²) in [5.74, 6) is -0.467. The van der Waals surface area contributed by atoms with Crippen LogP contribution < -0.4 is 0 Å². The summed E-state index contributed by atoms with van der Waals surface area (Å²) < 4.78 is 4.94. The van der Waals surface area contributed by atoms with E-state index < -0.39 is 11.6 Å². The normalized spacial score (nSPS) is 21.4. The van der Waals surface area contributed by atoms with E-state index in [2.05, 4.69) is 16.8 Å². The van der Waals surface area contributed by atoms with Crippen LogP contribution in [0.4, 0.5) is 0 Å². The molecule has 0 bridgehead atoms. The molecule has 0 spiro atoms. The quantitative estimate of drug-likeness (QED) is 0.409. The Hall–Kier alpha value is -1.98. The van der Waals surface area contributed by atoms with Gasteiger partial charge in [-0.05, 0) is 26.8 Å². The van der Waals surface area contributed by atoms with Crippen molar-refractivity contribution in [2.45, 2.75) is 26.4 Å². The van der Waals surface area contributed by atoms with Crippen LogP contribution in [0.1, 0.15) is 20.8 Å². The summed E-state index contributed by atoms with van der Waals surface area (Å²) >= 11 is 0. The summed E-state index contributed by atoms with van der Waals surface area (Å²) in [5.41, 5.74) is 0.292. The minimum Gasteiger partial charge on any atom is -0.460 e. The van der Waals surface area contributed by atoms with E-state index in [1.54, 1.807) is 26.8 Å². The highest BCUT2D eigenvalue weighted by Crippen LogP contribution is 2.26. The van der Waals surface area contributed by atoms with Gasteiger partial charge >= 0.3 is 5.97 Å². The fourth-order valence-electron chi connectivity index (χ4n) is 1.52. The van der Waals surface area contributed by atoms with E-state index in [0.29, 0.717) is 12.0 Å². The van der Waals surface area contributed by atoms with Crippen LogP contribution in [0, 0.1) is 0 Å². The third kappa shape index (κ3) is 3.26. The van der Waals surface area contributed by atoms with E-state index in [9.17, 15) is 9.59 Å². The number of esters is 1. The van der Waals surface area contributed by atoms with Crippen molar-refractivity contribution in [1.29, 1.82) is 0 Å². The number of amides is 1. The number of carbonyl (C=O) groups excluding carboxylic acids is 2. The maximum absolute atomic E-state index is 11.2. The smallest absolute Gasteiger partial charge is 0.333 e. The Morgan fingerprint density at radius 2 is 2.33 bits per heavy atom. The van der Waals surface area contributed by atoms with Gasteiger partial charge in [0, 0.05) is 5.57 Å². The molecule has 0 fully saturated rings. The molecule has 0 aliphatic carbocycles. The number of nitrogens with zero attached hydrogens (tertiary/aromatic N) is 3. The predicted molar refractivity (Wildman–Crippen MR) is 65.6 cm³/mol. The SMILES string of the molecule is C=C(C)C(=O)OCCN(C=O)C1(C)C=C(C)N=N1. The molecule has 0 N–H and O–H groups in total. The number of azo groups is 1. The lowest BCUT2D eigenvalue weighted by atomic mass is 10.1. The van der Waals surface area contributed by atoms with Crippen LogP contribution in [0.5, 0.6) is 0 Å². The van der Waals surface area contributed by atoms with Crippen LogP contribution in [0.3, 0.4) is 0 Å². The second-order valence-electron chi connectivity index (χ2n) is 4.29. The minimum atomic E-state index is -0.790. The third-order valence-electron chi connectivity index (χ3n) is 2.52. The molecule has 0 saturated heterocycles. The lowest BCUT2D eigenvalue weighted by Crippen LogP contribution is -2.43. The van der Waals surface area contributed by atoms with Crippen LogP contribution in [0.2, 0.25) is 0 Å². The molecule has 0 aromatic rings. The van der Waals surface area contributed by atoms with Gasteiger partial charge in [-0.3, -0.25) is 4.79 Å². The van der Waals surface area contributed by atoms with Gasteiger partial charge in [-0.2, -0.15) is 10.2 Å². The van der Waals surface area contributed by atoms with Gasteiger partial charge in [-0.1, -0.05) is 6.58 Å². The van der Waals surface area contributed by atoms with Gasteiger partial charge < -0.3 is 9.64 Å². The predicted octanol–water partition coefficient (Wildman–Crippen LogP) is 1.65. The number of hydrogen-bond acceptors (Lipinski definition) is 5. The summed E-state index contributed by atoms with van der Waals surface area (Å²) in [7, 11) is 0. The molecule has 1 unspecified atom stereocenters. The van der Waals surface area contributed by atoms with E-state index in [1.165, 1.54) is 4.90 Å². The monoisotopic (exact) mass is 251 g/mol. The lowest BCUT2D eigenvalue weighted by molar-refractivity contribution is -0.141. The van der Waals surface area contributed by atoms with Crippen molar-refractivity contribution in [2.24, 2.45) is 10.2 Å². The molecule has 0 radical (unpaired) electrons. The van der Waals surface area contributed by atoms with E-state index in [-0.39, 0.29) is 13.2 Å². The molecular formula is C12H17N3O3. The molecular weight excluding hydrogens is 234 g/mol. The van der Waals surface area contributed by atoms with Crippen LogP contribution in [-0.2, 0) is 14.3 Å². The Labute approximate surface area is 106 Å². The highest BCUT2D eigenvalue weighted by molar-refractivity contribution is 5.86. The summed E-state index contributed by atoms with van der Waals surface area (Å²) in [6, 6.07) is 0. The van der Waals surface area contributed by atoms with E-state index in [0.717, 1.165) is 5.70 Å². The van der Waals surface area contributed by atoms with E-state index in [1.807, 2.05) is 0 Å². The molecule has 98 valence electrons. The van der Waals surface area contributed by atoms with Gasteiger partial charge in [0.25, 0.3) is 0 Å². The first kappa shape index (κ1) is 14.1. The van der Waals surface area contributed by atoms with Crippen LogP contribution in [0.25, 0.3) is 0 Å². The Kier molecular flexibility index (Phi) is 4.36. The zero-order valence-electron chi connectivity index (χ0n) is 10.8. The Balaban J connectivity index is 2.54. The van der Waals surface area contributed by atoms with Crippen LogP contribution in [0.15, 0.2) is 34.2 Å². The van der Waals surface area contributed by atoms with Crippen molar-refractivity contribution < 1.29 is 14.3 Å². The zero-order chi connectivity index (χ0) is 13.8. The van der Waals surface area contributed by atoms with Crippen molar-refractivity contribution >= 4 is 12.4 Å². The summed E-state index contributed by atoms with van der Waals surface area (Å²) in [4.78, 5) is 23.7. The first-order valence-electron chi connectivity index (χ1n) is 5.56. The minimum absolute atomic E-state index is 0.0996. The molecule has 0 aromatic heterocycles. The summed E-state index contributed by atoms with van der Waals surface area (Å²) in [5, 5.41) is 7.91. The molecule has 1 aliphatic rings. The maximum atomic E-state index is 11.2. The zero-order valence-corrected chi connectivity index (χ0v) is 10.8. The number of ether oxygens (including phenoxy) is 1. The largest absolute Gasteiger partial charge is 0.460 e. The van der Waals surface area contributed by atoms with Gasteiger partial charge in [0.15, 0.2) is 5.66 Å². The highest BCUT2D eigenvalue weighted by atomic mass is 16.5. The molecule has 1 aliphatic heterocycles. The summed E-state index contributed by atoms with van der Waals surface area (Å²) in [6.07, 6.45) is 2.45. The fourth-order valence-corrected chi connectivity index (χ4v) is 1.52. The van der Waals surface area contributed by atoms with E-state index in [4.69, 9.17) is 4.74 Å².